The van der Waals surface area contributed by atoms with Gasteiger partial charge in [0.2, 0.25) is 5.95 Å². The molecule has 0 saturated heterocycles. The molecule has 0 aliphatic rings. The second-order valence-electron chi connectivity index (χ2n) is 5.37. The molecule has 0 atom stereocenters. The molecule has 25 heavy (non-hydrogen) atoms. The zero-order valence-corrected chi connectivity index (χ0v) is 14.0. The Morgan fingerprint density at radius 1 is 1.08 bits per heavy atom. The van der Waals surface area contributed by atoms with Crippen LogP contribution in [0.2, 0.25) is 0 Å². The van der Waals surface area contributed by atoms with Crippen LogP contribution in [0.3, 0.4) is 0 Å². The highest BCUT2D eigenvalue weighted by Gasteiger charge is 2.02. The summed E-state index contributed by atoms with van der Waals surface area (Å²) in [5.41, 5.74) is 2.12. The third-order valence-corrected chi connectivity index (χ3v) is 3.57. The van der Waals surface area contributed by atoms with Crippen molar-refractivity contribution in [2.45, 2.75) is 13.0 Å². The Morgan fingerprint density at radius 2 is 2.04 bits per heavy atom. The first-order valence-electron chi connectivity index (χ1n) is 8.04. The van der Waals surface area contributed by atoms with Gasteiger partial charge in [0.05, 0.1) is 25.5 Å². The van der Waals surface area contributed by atoms with E-state index in [1.165, 1.54) is 5.56 Å². The van der Waals surface area contributed by atoms with Gasteiger partial charge < -0.3 is 15.4 Å². The van der Waals surface area contributed by atoms with E-state index in [1.807, 2.05) is 36.4 Å². The standard InChI is InChI=1S/C18H20N6O/c1-25-16-7-4-5-14(11-16)8-10-20-18-23-17(13-22-24-18)21-12-15-6-2-3-9-19-15/h2-7,9,11,13H,8,10,12H2,1H3,(H2,20,21,23,24). The molecule has 3 aromatic rings. The number of hydrogen-bond acceptors (Lipinski definition) is 7. The summed E-state index contributed by atoms with van der Waals surface area (Å²) in [6.07, 6.45) is 4.20. The number of methoxy groups -OCH3 is 1. The predicted octanol–water partition coefficient (Wildman–Crippen LogP) is 2.54. The van der Waals surface area contributed by atoms with Gasteiger partial charge in [-0.2, -0.15) is 10.1 Å². The first kappa shape index (κ1) is 16.6. The molecule has 0 radical (unpaired) electrons. The second kappa shape index (κ2) is 8.58. The topological polar surface area (TPSA) is 84.9 Å². The maximum absolute atomic E-state index is 5.23. The Morgan fingerprint density at radius 3 is 2.88 bits per heavy atom. The minimum atomic E-state index is 0.494. The number of pyridine rings is 1. The van der Waals surface area contributed by atoms with Crippen molar-refractivity contribution in [1.29, 1.82) is 0 Å². The molecule has 0 spiro atoms. The van der Waals surface area contributed by atoms with E-state index in [0.717, 1.165) is 17.9 Å². The lowest BCUT2D eigenvalue weighted by atomic mass is 10.1. The maximum atomic E-state index is 5.23. The highest BCUT2D eigenvalue weighted by atomic mass is 16.5. The fourth-order valence-corrected chi connectivity index (χ4v) is 2.29. The monoisotopic (exact) mass is 336 g/mol. The van der Waals surface area contributed by atoms with Gasteiger partial charge in [-0.1, -0.05) is 18.2 Å². The Balaban J connectivity index is 1.51. The first-order valence-corrected chi connectivity index (χ1v) is 8.04. The van der Waals surface area contributed by atoms with Crippen molar-refractivity contribution in [3.8, 4) is 5.75 Å². The van der Waals surface area contributed by atoms with Crippen LogP contribution in [0.15, 0.2) is 54.9 Å². The molecule has 1 aromatic carbocycles. The van der Waals surface area contributed by atoms with Crippen molar-refractivity contribution < 1.29 is 4.74 Å². The summed E-state index contributed by atoms with van der Waals surface area (Å²) < 4.78 is 5.23. The van der Waals surface area contributed by atoms with Crippen LogP contribution in [0.1, 0.15) is 11.3 Å². The van der Waals surface area contributed by atoms with Gasteiger partial charge in [-0.25, -0.2) is 0 Å². The van der Waals surface area contributed by atoms with Gasteiger partial charge in [-0.05, 0) is 36.2 Å². The molecule has 0 amide bonds. The fraction of sp³-hybridized carbons (Fsp3) is 0.222. The normalized spacial score (nSPS) is 10.3. The predicted molar refractivity (Wildman–Crippen MR) is 96.6 cm³/mol. The van der Waals surface area contributed by atoms with Crippen molar-refractivity contribution in [3.05, 3.63) is 66.1 Å². The Bertz CT molecular complexity index is 796. The molecule has 2 heterocycles. The smallest absolute Gasteiger partial charge is 0.244 e. The van der Waals surface area contributed by atoms with E-state index in [0.29, 0.717) is 24.9 Å². The van der Waals surface area contributed by atoms with Crippen molar-refractivity contribution in [3.63, 3.8) is 0 Å². The van der Waals surface area contributed by atoms with Crippen LogP contribution < -0.4 is 15.4 Å². The summed E-state index contributed by atoms with van der Waals surface area (Å²) >= 11 is 0. The number of aromatic nitrogens is 4. The van der Waals surface area contributed by atoms with Crippen molar-refractivity contribution in [2.24, 2.45) is 0 Å². The Hall–Kier alpha value is -3.22. The van der Waals surface area contributed by atoms with Gasteiger partial charge >= 0.3 is 0 Å². The number of benzene rings is 1. The number of rotatable bonds is 8. The zero-order chi connectivity index (χ0) is 17.3. The molecule has 0 fully saturated rings. The third-order valence-electron chi connectivity index (χ3n) is 3.57. The maximum Gasteiger partial charge on any atom is 0.244 e. The van der Waals surface area contributed by atoms with Gasteiger partial charge in [0, 0.05) is 12.7 Å². The van der Waals surface area contributed by atoms with Crippen LogP contribution in [0.4, 0.5) is 11.8 Å². The summed E-state index contributed by atoms with van der Waals surface area (Å²) in [5.74, 6) is 2.01. The number of hydrogen-bond donors (Lipinski definition) is 2. The molecule has 3 rings (SSSR count). The van der Waals surface area contributed by atoms with Crippen LogP contribution in [0, 0.1) is 0 Å². The Labute approximate surface area is 146 Å². The average Bonchev–Trinajstić information content (AvgIpc) is 2.68. The van der Waals surface area contributed by atoms with E-state index in [9.17, 15) is 0 Å². The number of anilines is 2. The van der Waals surface area contributed by atoms with Gasteiger partial charge in [0.25, 0.3) is 0 Å². The molecule has 7 heteroatoms. The molecule has 0 aliphatic carbocycles. The van der Waals surface area contributed by atoms with Crippen molar-refractivity contribution in [1.82, 2.24) is 20.2 Å². The molecule has 0 aliphatic heterocycles. The number of nitrogens with one attached hydrogen (secondary N) is 2. The summed E-state index contributed by atoms with van der Waals surface area (Å²) in [7, 11) is 1.67. The lowest BCUT2D eigenvalue weighted by molar-refractivity contribution is 0.414. The largest absolute Gasteiger partial charge is 0.497 e. The van der Waals surface area contributed by atoms with Gasteiger partial charge in [-0.3, -0.25) is 4.98 Å². The lowest BCUT2D eigenvalue weighted by Gasteiger charge is -2.08. The Kier molecular flexibility index (Phi) is 5.71. The summed E-state index contributed by atoms with van der Waals surface area (Å²) in [4.78, 5) is 8.67. The van der Waals surface area contributed by atoms with Gasteiger partial charge in [0.15, 0.2) is 5.82 Å². The van der Waals surface area contributed by atoms with E-state index < -0.39 is 0 Å². The number of ether oxygens (including phenoxy) is 1. The van der Waals surface area contributed by atoms with E-state index in [2.05, 4.69) is 36.9 Å². The zero-order valence-electron chi connectivity index (χ0n) is 14.0. The quantitative estimate of drug-likeness (QED) is 0.654. The summed E-state index contributed by atoms with van der Waals surface area (Å²) in [6, 6.07) is 13.8. The van der Waals surface area contributed by atoms with Gasteiger partial charge in [0.1, 0.15) is 5.75 Å². The van der Waals surface area contributed by atoms with Crippen LogP contribution in [-0.2, 0) is 13.0 Å². The van der Waals surface area contributed by atoms with E-state index in [4.69, 9.17) is 4.74 Å². The minimum absolute atomic E-state index is 0.494. The van der Waals surface area contributed by atoms with Crippen molar-refractivity contribution >= 4 is 11.8 Å². The molecular formula is C18H20N6O. The first-order chi connectivity index (χ1) is 12.3. The van der Waals surface area contributed by atoms with Crippen LogP contribution >= 0.6 is 0 Å². The summed E-state index contributed by atoms with van der Waals surface area (Å²) in [6.45, 7) is 1.29. The van der Waals surface area contributed by atoms with Crippen LogP contribution in [-0.4, -0.2) is 33.8 Å². The van der Waals surface area contributed by atoms with Crippen LogP contribution in [0.25, 0.3) is 0 Å². The fourth-order valence-electron chi connectivity index (χ4n) is 2.29. The molecule has 7 nitrogen and oxygen atoms in total. The molecule has 2 aromatic heterocycles. The third kappa shape index (κ3) is 5.13. The van der Waals surface area contributed by atoms with E-state index in [-0.39, 0.29) is 0 Å². The number of nitrogens with zero attached hydrogens (tertiary/aromatic N) is 4. The molecule has 0 bridgehead atoms. The van der Waals surface area contributed by atoms with Gasteiger partial charge in [-0.15, -0.1) is 5.10 Å². The highest BCUT2D eigenvalue weighted by molar-refractivity contribution is 5.37. The lowest BCUT2D eigenvalue weighted by Crippen LogP contribution is -2.11. The molecular weight excluding hydrogens is 316 g/mol. The summed E-state index contributed by atoms with van der Waals surface area (Å²) in [5, 5.41) is 14.4. The van der Waals surface area contributed by atoms with Crippen LogP contribution in [0.5, 0.6) is 5.75 Å². The molecule has 2 N–H and O–H groups in total. The molecule has 0 saturated carbocycles. The SMILES string of the molecule is COc1cccc(CCNc2nncc(NCc3ccccn3)n2)c1. The average molecular weight is 336 g/mol. The second-order valence-corrected chi connectivity index (χ2v) is 5.37. The molecule has 128 valence electrons. The van der Waals surface area contributed by atoms with E-state index >= 15 is 0 Å². The minimum Gasteiger partial charge on any atom is -0.497 e. The highest BCUT2D eigenvalue weighted by Crippen LogP contribution is 2.13. The molecule has 0 unspecified atom stereocenters. The van der Waals surface area contributed by atoms with E-state index in [1.54, 1.807) is 19.5 Å². The van der Waals surface area contributed by atoms with Crippen molar-refractivity contribution in [2.75, 3.05) is 24.3 Å².